The molecule has 3 rings (SSSR count). The number of hydrogen-bond donors (Lipinski definition) is 2. The van der Waals surface area contributed by atoms with Gasteiger partial charge >= 0.3 is 6.03 Å². The molecule has 9 nitrogen and oxygen atoms in total. The molecule has 1 aliphatic heterocycles. The molecule has 0 aliphatic carbocycles. The number of halogens is 1. The number of nitro groups is 1. The number of aryl methyl sites for hydroxylation is 1. The molecule has 0 bridgehead atoms. The summed E-state index contributed by atoms with van der Waals surface area (Å²) < 4.78 is 13.2. The molecule has 0 unspecified atom stereocenters. The summed E-state index contributed by atoms with van der Waals surface area (Å²) in [6.45, 7) is 2.76. The standard InChI is InChI=1S/C19H17FN4O5/c1-11-3-5-12(6-4-11)19(2)17(26)23(18(27)22-19)10-16(25)21-14-8-7-13(20)9-15(14)24(28)29/h3-9H,10H2,1-2H3,(H,21,25)(H,22,27)/t19-/m1/s1. The molecule has 0 radical (unpaired) electrons. The minimum absolute atomic E-state index is 0.241. The molecule has 150 valence electrons. The number of nitro benzene ring substituents is 1. The van der Waals surface area contributed by atoms with Crippen molar-refractivity contribution in [2.45, 2.75) is 19.4 Å². The molecule has 2 N–H and O–H groups in total. The van der Waals surface area contributed by atoms with Crippen LogP contribution >= 0.6 is 0 Å². The summed E-state index contributed by atoms with van der Waals surface area (Å²) >= 11 is 0. The van der Waals surface area contributed by atoms with E-state index in [9.17, 15) is 28.9 Å². The molecule has 0 aromatic heterocycles. The van der Waals surface area contributed by atoms with E-state index in [4.69, 9.17) is 0 Å². The Labute approximate surface area is 164 Å². The number of amides is 4. The number of carbonyl (C=O) groups excluding carboxylic acids is 3. The monoisotopic (exact) mass is 400 g/mol. The van der Waals surface area contributed by atoms with Crippen molar-refractivity contribution in [3.05, 3.63) is 69.5 Å². The lowest BCUT2D eigenvalue weighted by atomic mass is 9.91. The van der Waals surface area contributed by atoms with E-state index in [1.54, 1.807) is 24.3 Å². The second kappa shape index (κ2) is 7.30. The predicted octanol–water partition coefficient (Wildman–Crippen LogP) is 2.45. The maximum absolute atomic E-state index is 13.2. The molecular weight excluding hydrogens is 383 g/mol. The molecule has 2 aromatic rings. The average Bonchev–Trinajstić information content (AvgIpc) is 2.87. The van der Waals surface area contributed by atoms with Gasteiger partial charge < -0.3 is 10.6 Å². The number of rotatable bonds is 5. The van der Waals surface area contributed by atoms with Gasteiger partial charge in [-0.2, -0.15) is 0 Å². The summed E-state index contributed by atoms with van der Waals surface area (Å²) in [5, 5.41) is 15.8. The summed E-state index contributed by atoms with van der Waals surface area (Å²) in [5.74, 6) is -2.30. The van der Waals surface area contributed by atoms with Crippen molar-refractivity contribution in [2.24, 2.45) is 0 Å². The average molecular weight is 400 g/mol. The molecule has 1 atom stereocenters. The first-order valence-electron chi connectivity index (χ1n) is 8.57. The summed E-state index contributed by atoms with van der Waals surface area (Å²) in [7, 11) is 0. The highest BCUT2D eigenvalue weighted by Gasteiger charge is 2.49. The van der Waals surface area contributed by atoms with Crippen molar-refractivity contribution in [1.29, 1.82) is 0 Å². The van der Waals surface area contributed by atoms with E-state index in [1.165, 1.54) is 6.92 Å². The molecule has 1 fully saturated rings. The van der Waals surface area contributed by atoms with E-state index in [0.717, 1.165) is 22.6 Å². The third kappa shape index (κ3) is 3.77. The molecule has 0 saturated carbocycles. The van der Waals surface area contributed by atoms with Gasteiger partial charge in [-0.15, -0.1) is 0 Å². The van der Waals surface area contributed by atoms with E-state index in [-0.39, 0.29) is 5.69 Å². The van der Waals surface area contributed by atoms with Crippen LogP contribution in [0.15, 0.2) is 42.5 Å². The molecule has 2 aromatic carbocycles. The molecule has 29 heavy (non-hydrogen) atoms. The van der Waals surface area contributed by atoms with Crippen LogP contribution in [-0.4, -0.2) is 34.2 Å². The lowest BCUT2D eigenvalue weighted by Gasteiger charge is -2.22. The van der Waals surface area contributed by atoms with E-state index >= 15 is 0 Å². The van der Waals surface area contributed by atoms with Crippen LogP contribution in [0.5, 0.6) is 0 Å². The molecule has 1 heterocycles. The summed E-state index contributed by atoms with van der Waals surface area (Å²) in [4.78, 5) is 48.4. The van der Waals surface area contributed by atoms with Crippen molar-refractivity contribution in [3.63, 3.8) is 0 Å². The van der Waals surface area contributed by atoms with E-state index in [2.05, 4.69) is 10.6 Å². The second-order valence-electron chi connectivity index (χ2n) is 6.78. The van der Waals surface area contributed by atoms with Gasteiger partial charge in [-0.1, -0.05) is 29.8 Å². The van der Waals surface area contributed by atoms with E-state index < -0.39 is 46.4 Å². The topological polar surface area (TPSA) is 122 Å². The fourth-order valence-electron chi connectivity index (χ4n) is 3.02. The number of benzene rings is 2. The van der Waals surface area contributed by atoms with Crippen LogP contribution in [0.4, 0.5) is 20.6 Å². The molecule has 4 amide bonds. The number of anilines is 1. The second-order valence-corrected chi connectivity index (χ2v) is 6.78. The van der Waals surface area contributed by atoms with Crippen molar-refractivity contribution in [2.75, 3.05) is 11.9 Å². The zero-order valence-corrected chi connectivity index (χ0v) is 15.6. The van der Waals surface area contributed by atoms with Crippen molar-refractivity contribution < 1.29 is 23.7 Å². The van der Waals surface area contributed by atoms with Gasteiger partial charge in [-0.05, 0) is 31.5 Å². The quantitative estimate of drug-likeness (QED) is 0.454. The minimum atomic E-state index is -1.34. The number of imide groups is 1. The van der Waals surface area contributed by atoms with Crippen LogP contribution < -0.4 is 10.6 Å². The van der Waals surface area contributed by atoms with E-state index in [1.807, 2.05) is 6.92 Å². The van der Waals surface area contributed by atoms with Crippen molar-refractivity contribution in [3.8, 4) is 0 Å². The normalized spacial score (nSPS) is 18.5. The van der Waals surface area contributed by atoms with Crippen LogP contribution in [0.3, 0.4) is 0 Å². The SMILES string of the molecule is Cc1ccc([C@@]2(C)NC(=O)N(CC(=O)Nc3ccc(F)cc3[N+](=O)[O-])C2=O)cc1. The van der Waals surface area contributed by atoms with Crippen LogP contribution in [0.1, 0.15) is 18.1 Å². The Morgan fingerprint density at radius 3 is 2.52 bits per heavy atom. The number of hydrogen-bond acceptors (Lipinski definition) is 5. The Balaban J connectivity index is 1.78. The highest BCUT2D eigenvalue weighted by molar-refractivity contribution is 6.10. The zero-order chi connectivity index (χ0) is 21.3. The van der Waals surface area contributed by atoms with Gasteiger partial charge in [0.15, 0.2) is 0 Å². The Bertz CT molecular complexity index is 1020. The molecule has 10 heteroatoms. The van der Waals surface area contributed by atoms with Gasteiger partial charge in [0.1, 0.15) is 23.6 Å². The number of nitrogens with zero attached hydrogens (tertiary/aromatic N) is 2. The van der Waals surface area contributed by atoms with Gasteiger partial charge in [0.25, 0.3) is 11.6 Å². The first-order chi connectivity index (χ1) is 13.6. The minimum Gasteiger partial charge on any atom is -0.319 e. The van der Waals surface area contributed by atoms with Crippen LogP contribution in [-0.2, 0) is 15.1 Å². The summed E-state index contributed by atoms with van der Waals surface area (Å²) in [5.41, 5.74) is -0.688. The van der Waals surface area contributed by atoms with Gasteiger partial charge in [-0.25, -0.2) is 9.18 Å². The number of carbonyl (C=O) groups is 3. The number of nitrogens with one attached hydrogen (secondary N) is 2. The van der Waals surface area contributed by atoms with Crippen LogP contribution in [0.2, 0.25) is 0 Å². The Kier molecular flexibility index (Phi) is 5.02. The van der Waals surface area contributed by atoms with Gasteiger partial charge in [0.2, 0.25) is 5.91 Å². The maximum atomic E-state index is 13.2. The van der Waals surface area contributed by atoms with Gasteiger partial charge in [0, 0.05) is 0 Å². The first-order valence-corrected chi connectivity index (χ1v) is 8.57. The fourth-order valence-corrected chi connectivity index (χ4v) is 3.02. The highest BCUT2D eigenvalue weighted by atomic mass is 19.1. The predicted molar refractivity (Wildman–Crippen MR) is 100 cm³/mol. The third-order valence-electron chi connectivity index (χ3n) is 4.64. The largest absolute Gasteiger partial charge is 0.325 e. The molecular formula is C19H17FN4O5. The van der Waals surface area contributed by atoms with E-state index in [0.29, 0.717) is 11.6 Å². The molecule has 0 spiro atoms. The van der Waals surface area contributed by atoms with Crippen LogP contribution in [0.25, 0.3) is 0 Å². The van der Waals surface area contributed by atoms with Gasteiger partial charge in [0.05, 0.1) is 11.0 Å². The Hall–Kier alpha value is -3.82. The first kappa shape index (κ1) is 19.9. The molecule has 1 saturated heterocycles. The fraction of sp³-hybridized carbons (Fsp3) is 0.211. The smallest absolute Gasteiger partial charge is 0.319 e. The van der Waals surface area contributed by atoms with Crippen LogP contribution in [0, 0.1) is 22.9 Å². The lowest BCUT2D eigenvalue weighted by Crippen LogP contribution is -2.42. The molecule has 1 aliphatic rings. The van der Waals surface area contributed by atoms with Crippen molar-refractivity contribution in [1.82, 2.24) is 10.2 Å². The summed E-state index contributed by atoms with van der Waals surface area (Å²) in [6.07, 6.45) is 0. The zero-order valence-electron chi connectivity index (χ0n) is 15.6. The van der Waals surface area contributed by atoms with Gasteiger partial charge in [-0.3, -0.25) is 24.6 Å². The van der Waals surface area contributed by atoms with Crippen molar-refractivity contribution >= 4 is 29.2 Å². The number of urea groups is 1. The lowest BCUT2D eigenvalue weighted by molar-refractivity contribution is -0.384. The Morgan fingerprint density at radius 2 is 1.90 bits per heavy atom. The summed E-state index contributed by atoms with van der Waals surface area (Å²) in [6, 6.07) is 8.89. The maximum Gasteiger partial charge on any atom is 0.325 e. The Morgan fingerprint density at radius 1 is 1.24 bits per heavy atom. The highest BCUT2D eigenvalue weighted by Crippen LogP contribution is 2.29. The third-order valence-corrected chi connectivity index (χ3v) is 4.64.